The molecule has 2 heterocycles. The van der Waals surface area contributed by atoms with E-state index in [1.807, 2.05) is 18.2 Å². The van der Waals surface area contributed by atoms with Crippen LogP contribution in [0.2, 0.25) is 0 Å². The summed E-state index contributed by atoms with van der Waals surface area (Å²) in [6.45, 7) is 5.22. The first-order valence-electron chi connectivity index (χ1n) is 9.77. The molecule has 0 bridgehead atoms. The molecule has 0 unspecified atom stereocenters. The number of hydrogen-bond donors (Lipinski definition) is 1. The van der Waals surface area contributed by atoms with Crippen molar-refractivity contribution in [1.29, 1.82) is 0 Å². The third kappa shape index (κ3) is 3.33. The van der Waals surface area contributed by atoms with Gasteiger partial charge < -0.3 is 14.8 Å². The topological polar surface area (TPSA) is 48.3 Å². The molecular weight excluding hydrogens is 350 g/mol. The van der Waals surface area contributed by atoms with Crippen LogP contribution in [0.3, 0.4) is 0 Å². The van der Waals surface area contributed by atoms with E-state index in [1.54, 1.807) is 14.2 Å². The lowest BCUT2D eigenvalue weighted by atomic mass is 10.0. The predicted octanol–water partition coefficient (Wildman–Crippen LogP) is 4.92. The van der Waals surface area contributed by atoms with Gasteiger partial charge in [0.1, 0.15) is 17.3 Å². The fourth-order valence-corrected chi connectivity index (χ4v) is 3.90. The van der Waals surface area contributed by atoms with Crippen LogP contribution in [0.1, 0.15) is 29.5 Å². The van der Waals surface area contributed by atoms with Crippen LogP contribution in [-0.2, 0) is 6.42 Å². The molecule has 4 rings (SSSR count). The summed E-state index contributed by atoms with van der Waals surface area (Å²) in [6, 6.07) is 12.4. The zero-order chi connectivity index (χ0) is 19.7. The summed E-state index contributed by atoms with van der Waals surface area (Å²) in [6.07, 6.45) is 3.30. The SMILES string of the molecule is COc1cc(OC)cc(-c2nn(-c3ccc(C)cc3C)c3c2CCCCN3)c1. The Labute approximate surface area is 166 Å². The Morgan fingerprint density at radius 2 is 1.71 bits per heavy atom. The number of rotatable bonds is 4. The third-order valence-corrected chi connectivity index (χ3v) is 5.33. The van der Waals surface area contributed by atoms with Crippen LogP contribution in [0.4, 0.5) is 5.82 Å². The van der Waals surface area contributed by atoms with Crippen LogP contribution >= 0.6 is 0 Å². The van der Waals surface area contributed by atoms with Gasteiger partial charge in [-0.2, -0.15) is 5.10 Å². The number of ether oxygens (including phenoxy) is 2. The van der Waals surface area contributed by atoms with Gasteiger partial charge in [-0.25, -0.2) is 4.68 Å². The molecule has 146 valence electrons. The van der Waals surface area contributed by atoms with Gasteiger partial charge in [-0.05, 0) is 56.9 Å². The van der Waals surface area contributed by atoms with Crippen molar-refractivity contribution in [2.75, 3.05) is 26.1 Å². The lowest BCUT2D eigenvalue weighted by molar-refractivity contribution is 0.394. The van der Waals surface area contributed by atoms with Crippen LogP contribution < -0.4 is 14.8 Å². The molecule has 0 fully saturated rings. The van der Waals surface area contributed by atoms with Gasteiger partial charge in [0, 0.05) is 23.7 Å². The minimum absolute atomic E-state index is 0.769. The molecule has 1 N–H and O–H groups in total. The molecule has 1 aliphatic rings. The summed E-state index contributed by atoms with van der Waals surface area (Å²) in [5.41, 5.74) is 6.84. The number of hydrogen-bond acceptors (Lipinski definition) is 4. The van der Waals surface area contributed by atoms with Gasteiger partial charge in [0.15, 0.2) is 0 Å². The van der Waals surface area contributed by atoms with Crippen LogP contribution in [0, 0.1) is 13.8 Å². The van der Waals surface area contributed by atoms with E-state index in [0.29, 0.717) is 0 Å². The molecule has 0 spiro atoms. The molecule has 1 aliphatic heterocycles. The van der Waals surface area contributed by atoms with E-state index in [4.69, 9.17) is 14.6 Å². The van der Waals surface area contributed by atoms with Crippen LogP contribution in [0.25, 0.3) is 16.9 Å². The van der Waals surface area contributed by atoms with Crippen molar-refractivity contribution in [1.82, 2.24) is 9.78 Å². The Morgan fingerprint density at radius 1 is 0.964 bits per heavy atom. The van der Waals surface area contributed by atoms with E-state index in [0.717, 1.165) is 60.1 Å². The minimum atomic E-state index is 0.769. The van der Waals surface area contributed by atoms with E-state index in [2.05, 4.69) is 42.0 Å². The first-order valence-corrected chi connectivity index (χ1v) is 9.77. The quantitative estimate of drug-likeness (QED) is 0.701. The number of fused-ring (bicyclic) bond motifs is 1. The van der Waals surface area contributed by atoms with E-state index < -0.39 is 0 Å². The summed E-state index contributed by atoms with van der Waals surface area (Å²) in [7, 11) is 3.35. The smallest absolute Gasteiger partial charge is 0.133 e. The van der Waals surface area contributed by atoms with E-state index >= 15 is 0 Å². The summed E-state index contributed by atoms with van der Waals surface area (Å²) in [5.74, 6) is 2.64. The first kappa shape index (κ1) is 18.4. The zero-order valence-corrected chi connectivity index (χ0v) is 17.0. The summed E-state index contributed by atoms with van der Waals surface area (Å²) >= 11 is 0. The fourth-order valence-electron chi connectivity index (χ4n) is 3.90. The largest absolute Gasteiger partial charge is 0.497 e. The molecule has 0 aliphatic carbocycles. The average Bonchev–Trinajstić information content (AvgIpc) is 2.88. The fraction of sp³-hybridized carbons (Fsp3) is 0.348. The van der Waals surface area contributed by atoms with Crippen LogP contribution in [-0.4, -0.2) is 30.5 Å². The number of benzene rings is 2. The first-order chi connectivity index (χ1) is 13.6. The van der Waals surface area contributed by atoms with Gasteiger partial charge in [0.05, 0.1) is 25.6 Å². The molecule has 0 atom stereocenters. The molecule has 1 aromatic heterocycles. The van der Waals surface area contributed by atoms with E-state index in [9.17, 15) is 0 Å². The maximum Gasteiger partial charge on any atom is 0.133 e. The van der Waals surface area contributed by atoms with Gasteiger partial charge >= 0.3 is 0 Å². The molecule has 0 saturated heterocycles. The molecule has 2 aromatic carbocycles. The Kier molecular flexibility index (Phi) is 4.99. The highest BCUT2D eigenvalue weighted by atomic mass is 16.5. The molecule has 5 heteroatoms. The van der Waals surface area contributed by atoms with Crippen molar-refractivity contribution in [3.8, 4) is 28.4 Å². The lowest BCUT2D eigenvalue weighted by Gasteiger charge is -2.12. The maximum absolute atomic E-state index is 5.48. The molecule has 28 heavy (non-hydrogen) atoms. The second kappa shape index (κ2) is 7.58. The second-order valence-electron chi connectivity index (χ2n) is 7.36. The number of nitrogens with one attached hydrogen (secondary N) is 1. The number of aromatic nitrogens is 2. The Hall–Kier alpha value is -2.95. The Morgan fingerprint density at radius 3 is 2.39 bits per heavy atom. The van der Waals surface area contributed by atoms with E-state index in [-0.39, 0.29) is 0 Å². The van der Waals surface area contributed by atoms with Crippen molar-refractivity contribution >= 4 is 5.82 Å². The highest BCUT2D eigenvalue weighted by molar-refractivity contribution is 5.73. The maximum atomic E-state index is 5.48. The average molecular weight is 377 g/mol. The predicted molar refractivity (Wildman–Crippen MR) is 113 cm³/mol. The van der Waals surface area contributed by atoms with Crippen LogP contribution in [0.5, 0.6) is 11.5 Å². The number of aryl methyl sites for hydroxylation is 2. The number of nitrogens with zero attached hydrogens (tertiary/aromatic N) is 2. The van der Waals surface area contributed by atoms with Gasteiger partial charge in [-0.15, -0.1) is 0 Å². The molecule has 5 nitrogen and oxygen atoms in total. The monoisotopic (exact) mass is 377 g/mol. The normalized spacial score (nSPS) is 13.4. The summed E-state index contributed by atoms with van der Waals surface area (Å²) < 4.78 is 13.0. The third-order valence-electron chi connectivity index (χ3n) is 5.33. The summed E-state index contributed by atoms with van der Waals surface area (Å²) in [5, 5.41) is 8.68. The highest BCUT2D eigenvalue weighted by Gasteiger charge is 2.23. The van der Waals surface area contributed by atoms with Gasteiger partial charge in [0.2, 0.25) is 0 Å². The zero-order valence-electron chi connectivity index (χ0n) is 17.0. The van der Waals surface area contributed by atoms with E-state index in [1.165, 1.54) is 16.7 Å². The molecule has 0 saturated carbocycles. The lowest BCUT2D eigenvalue weighted by Crippen LogP contribution is -2.08. The van der Waals surface area contributed by atoms with Gasteiger partial charge in [-0.1, -0.05) is 17.7 Å². The highest BCUT2D eigenvalue weighted by Crippen LogP contribution is 2.37. The van der Waals surface area contributed by atoms with Crippen molar-refractivity contribution < 1.29 is 9.47 Å². The Balaban J connectivity index is 1.93. The molecule has 0 amide bonds. The standard InChI is InChI=1S/C23H27N3O2/c1-15-8-9-21(16(2)11-15)26-23-20(7-5-6-10-24-23)22(25-26)17-12-18(27-3)14-19(13-17)28-4/h8-9,11-14,24H,5-7,10H2,1-4H3. The van der Waals surface area contributed by atoms with Crippen molar-refractivity contribution in [2.24, 2.45) is 0 Å². The molecule has 3 aromatic rings. The minimum Gasteiger partial charge on any atom is -0.497 e. The second-order valence-corrected chi connectivity index (χ2v) is 7.36. The van der Waals surface area contributed by atoms with Crippen molar-refractivity contribution in [3.63, 3.8) is 0 Å². The molecular formula is C23H27N3O2. The Bertz CT molecular complexity index is 985. The number of methoxy groups -OCH3 is 2. The van der Waals surface area contributed by atoms with Crippen molar-refractivity contribution in [3.05, 3.63) is 53.1 Å². The summed E-state index contributed by atoms with van der Waals surface area (Å²) in [4.78, 5) is 0. The van der Waals surface area contributed by atoms with Gasteiger partial charge in [0.25, 0.3) is 0 Å². The van der Waals surface area contributed by atoms with Gasteiger partial charge in [-0.3, -0.25) is 0 Å². The van der Waals surface area contributed by atoms with Crippen molar-refractivity contribution in [2.45, 2.75) is 33.1 Å². The molecule has 0 radical (unpaired) electrons. The number of anilines is 1. The van der Waals surface area contributed by atoms with Crippen LogP contribution in [0.15, 0.2) is 36.4 Å².